The maximum absolute atomic E-state index is 11.9. The van der Waals surface area contributed by atoms with Crippen LogP contribution in [0.25, 0.3) is 0 Å². The minimum atomic E-state index is 0.0355. The summed E-state index contributed by atoms with van der Waals surface area (Å²) in [6.07, 6.45) is 2.94. The van der Waals surface area contributed by atoms with Gasteiger partial charge in [0.1, 0.15) is 0 Å². The number of thiazole rings is 1. The van der Waals surface area contributed by atoms with E-state index in [2.05, 4.69) is 26.2 Å². The maximum Gasteiger partial charge on any atom is 0.224 e. The molecule has 1 fully saturated rings. The number of carbonyl (C=O) groups excluding carboxylic acids is 1. The highest BCUT2D eigenvalue weighted by atomic mass is 79.9. The Kier molecular flexibility index (Phi) is 4.17. The zero-order valence-electron chi connectivity index (χ0n) is 10.9. The predicted molar refractivity (Wildman–Crippen MR) is 83.8 cm³/mol. The van der Waals surface area contributed by atoms with Gasteiger partial charge in [-0.1, -0.05) is 28.1 Å². The van der Waals surface area contributed by atoms with Gasteiger partial charge in [0.2, 0.25) is 5.91 Å². The number of aromatic nitrogens is 1. The molecule has 20 heavy (non-hydrogen) atoms. The van der Waals surface area contributed by atoms with Crippen LogP contribution in [0, 0.1) is 0 Å². The Hall–Kier alpha value is -1.20. The lowest BCUT2D eigenvalue weighted by Crippen LogP contribution is -2.24. The molecule has 1 heterocycles. The van der Waals surface area contributed by atoms with Crippen molar-refractivity contribution < 1.29 is 4.79 Å². The molecule has 5 heteroatoms. The van der Waals surface area contributed by atoms with Gasteiger partial charge in [0, 0.05) is 15.8 Å². The average molecular weight is 351 g/mol. The van der Waals surface area contributed by atoms with E-state index in [0.717, 1.165) is 15.7 Å². The Balaban J connectivity index is 1.49. The van der Waals surface area contributed by atoms with Crippen LogP contribution in [0.3, 0.4) is 0 Å². The Bertz CT molecular complexity index is 605. The summed E-state index contributed by atoms with van der Waals surface area (Å²) in [6.45, 7) is 0.526. The second-order valence-corrected chi connectivity index (χ2v) is 6.84. The van der Waals surface area contributed by atoms with Crippen LogP contribution in [-0.4, -0.2) is 10.9 Å². The maximum atomic E-state index is 11.9. The molecule has 1 saturated carbocycles. The van der Waals surface area contributed by atoms with Crippen LogP contribution in [0.1, 0.15) is 35.0 Å². The Morgan fingerprint density at radius 2 is 2.10 bits per heavy atom. The molecule has 1 N–H and O–H groups in total. The molecule has 3 rings (SSSR count). The fraction of sp³-hybridized carbons (Fsp3) is 0.333. The van der Waals surface area contributed by atoms with E-state index < -0.39 is 0 Å². The lowest BCUT2D eigenvalue weighted by Gasteiger charge is -2.03. The quantitative estimate of drug-likeness (QED) is 0.894. The van der Waals surface area contributed by atoms with Crippen molar-refractivity contribution in [3.63, 3.8) is 0 Å². The molecule has 1 aromatic heterocycles. The Morgan fingerprint density at radius 1 is 1.35 bits per heavy atom. The van der Waals surface area contributed by atoms with E-state index in [1.54, 1.807) is 11.3 Å². The number of rotatable bonds is 5. The van der Waals surface area contributed by atoms with Crippen molar-refractivity contribution >= 4 is 33.2 Å². The van der Waals surface area contributed by atoms with Gasteiger partial charge in [-0.2, -0.15) is 0 Å². The number of hydrogen-bond donors (Lipinski definition) is 1. The molecule has 2 aromatic rings. The summed E-state index contributed by atoms with van der Waals surface area (Å²) in [6, 6.07) is 7.81. The van der Waals surface area contributed by atoms with Crippen molar-refractivity contribution in [2.45, 2.75) is 31.7 Å². The first kappa shape index (κ1) is 13.8. The number of halogens is 1. The number of hydrogen-bond acceptors (Lipinski definition) is 3. The van der Waals surface area contributed by atoms with Gasteiger partial charge in [-0.25, -0.2) is 4.98 Å². The Labute approximate surface area is 130 Å². The van der Waals surface area contributed by atoms with E-state index in [1.807, 2.05) is 29.6 Å². The van der Waals surface area contributed by atoms with E-state index in [4.69, 9.17) is 0 Å². The third kappa shape index (κ3) is 3.67. The summed E-state index contributed by atoms with van der Waals surface area (Å²) >= 11 is 5.09. The number of carbonyl (C=O) groups is 1. The van der Waals surface area contributed by atoms with E-state index >= 15 is 0 Å². The van der Waals surface area contributed by atoms with Gasteiger partial charge in [0.25, 0.3) is 0 Å². The number of amides is 1. The van der Waals surface area contributed by atoms with Gasteiger partial charge in [-0.15, -0.1) is 11.3 Å². The number of benzene rings is 1. The molecule has 1 aromatic carbocycles. The normalized spacial score (nSPS) is 14.2. The van der Waals surface area contributed by atoms with Crippen LogP contribution in [0.4, 0.5) is 0 Å². The van der Waals surface area contributed by atoms with Crippen molar-refractivity contribution in [3.8, 4) is 0 Å². The number of nitrogens with zero attached hydrogens (tertiary/aromatic N) is 1. The van der Waals surface area contributed by atoms with Crippen LogP contribution in [-0.2, 0) is 17.8 Å². The van der Waals surface area contributed by atoms with Crippen LogP contribution in [0.15, 0.2) is 34.1 Å². The fourth-order valence-corrected chi connectivity index (χ4v) is 3.22. The SMILES string of the molecule is O=C(Cc1ccc(Br)cc1)NCc1csc(C2CC2)n1. The molecule has 0 bridgehead atoms. The summed E-state index contributed by atoms with van der Waals surface area (Å²) in [5.41, 5.74) is 1.99. The van der Waals surface area contributed by atoms with Gasteiger partial charge >= 0.3 is 0 Å². The van der Waals surface area contributed by atoms with Crippen molar-refractivity contribution in [2.24, 2.45) is 0 Å². The molecule has 0 aliphatic heterocycles. The molecule has 1 aliphatic rings. The summed E-state index contributed by atoms with van der Waals surface area (Å²) in [4.78, 5) is 16.4. The molecule has 104 valence electrons. The summed E-state index contributed by atoms with van der Waals surface area (Å²) < 4.78 is 1.02. The third-order valence-electron chi connectivity index (χ3n) is 3.24. The average Bonchev–Trinajstić information content (AvgIpc) is 3.18. The predicted octanol–water partition coefficient (Wildman–Crippen LogP) is 3.64. The second-order valence-electron chi connectivity index (χ2n) is 5.03. The van der Waals surface area contributed by atoms with Gasteiger partial charge in [-0.05, 0) is 30.5 Å². The van der Waals surface area contributed by atoms with Gasteiger partial charge in [0.05, 0.1) is 23.7 Å². The monoisotopic (exact) mass is 350 g/mol. The molecule has 0 spiro atoms. The molecule has 0 unspecified atom stereocenters. The molecule has 0 saturated heterocycles. The van der Waals surface area contributed by atoms with Crippen LogP contribution >= 0.6 is 27.3 Å². The minimum Gasteiger partial charge on any atom is -0.350 e. The number of nitrogens with one attached hydrogen (secondary N) is 1. The highest BCUT2D eigenvalue weighted by molar-refractivity contribution is 9.10. The van der Waals surface area contributed by atoms with Crippen LogP contribution in [0.2, 0.25) is 0 Å². The van der Waals surface area contributed by atoms with Gasteiger partial charge in [0.15, 0.2) is 0 Å². The van der Waals surface area contributed by atoms with Gasteiger partial charge in [-0.3, -0.25) is 4.79 Å². The highest BCUT2D eigenvalue weighted by Gasteiger charge is 2.26. The second kappa shape index (κ2) is 6.06. The fourth-order valence-electron chi connectivity index (χ4n) is 1.96. The van der Waals surface area contributed by atoms with Crippen molar-refractivity contribution in [3.05, 3.63) is 50.4 Å². The topological polar surface area (TPSA) is 42.0 Å². The van der Waals surface area contributed by atoms with Crippen molar-refractivity contribution in [1.29, 1.82) is 0 Å². The minimum absolute atomic E-state index is 0.0355. The van der Waals surface area contributed by atoms with E-state index in [0.29, 0.717) is 18.9 Å². The largest absolute Gasteiger partial charge is 0.350 e. The highest BCUT2D eigenvalue weighted by Crippen LogP contribution is 2.41. The van der Waals surface area contributed by atoms with Crippen LogP contribution in [0.5, 0.6) is 0 Å². The lowest BCUT2D eigenvalue weighted by molar-refractivity contribution is -0.120. The van der Waals surface area contributed by atoms with Gasteiger partial charge < -0.3 is 5.32 Å². The van der Waals surface area contributed by atoms with E-state index in [-0.39, 0.29) is 5.91 Å². The van der Waals surface area contributed by atoms with E-state index in [9.17, 15) is 4.79 Å². The molecule has 3 nitrogen and oxygen atoms in total. The molecule has 0 radical (unpaired) electrons. The molecule has 1 aliphatic carbocycles. The standard InChI is InChI=1S/C15H15BrN2OS/c16-12-5-1-10(2-6-12)7-14(19)17-8-13-9-20-15(18-13)11-3-4-11/h1-2,5-6,9,11H,3-4,7-8H2,(H,17,19). The van der Waals surface area contributed by atoms with Crippen molar-refractivity contribution in [1.82, 2.24) is 10.3 Å². The zero-order chi connectivity index (χ0) is 13.9. The molecule has 1 amide bonds. The summed E-state index contributed by atoms with van der Waals surface area (Å²) in [5, 5.41) is 6.20. The molecular formula is C15H15BrN2OS. The lowest BCUT2D eigenvalue weighted by atomic mass is 10.1. The summed E-state index contributed by atoms with van der Waals surface area (Å²) in [5.74, 6) is 0.723. The summed E-state index contributed by atoms with van der Waals surface area (Å²) in [7, 11) is 0. The Morgan fingerprint density at radius 3 is 2.80 bits per heavy atom. The first-order chi connectivity index (χ1) is 9.70. The first-order valence-corrected chi connectivity index (χ1v) is 8.33. The molecule has 0 atom stereocenters. The first-order valence-electron chi connectivity index (χ1n) is 6.66. The van der Waals surface area contributed by atoms with E-state index in [1.165, 1.54) is 17.8 Å². The zero-order valence-corrected chi connectivity index (χ0v) is 13.3. The third-order valence-corrected chi connectivity index (χ3v) is 4.83. The van der Waals surface area contributed by atoms with Crippen LogP contribution < -0.4 is 5.32 Å². The smallest absolute Gasteiger partial charge is 0.224 e. The van der Waals surface area contributed by atoms with Crippen molar-refractivity contribution in [2.75, 3.05) is 0 Å². The molecular weight excluding hydrogens is 336 g/mol.